The van der Waals surface area contributed by atoms with Gasteiger partial charge in [0.1, 0.15) is 6.26 Å². The number of amides is 1. The molecular formula is C19H20FN5O4S. The predicted octanol–water partition coefficient (Wildman–Crippen LogP) is 4.35. The van der Waals surface area contributed by atoms with Gasteiger partial charge in [0.05, 0.1) is 23.6 Å². The summed E-state index contributed by atoms with van der Waals surface area (Å²) in [6, 6.07) is 1.56. The number of thioether (sulfide) groups is 1. The number of carbonyl (C=O) groups is 2. The third-order valence-electron chi connectivity index (χ3n) is 5.17. The standard InChI is InChI=1S/C19H20FN5O4S/c1-10-5-24(6-11(2)29-10)17-12(8-26)3-14-15(9-28-18(14)16(17)20)25-7-13(4-22-23-21)30-19(25)27/h3,8-11,13H,4-7H2,1-2H3/t10-,11-,13+/m1/s1. The Hall–Kier alpha value is -2.75. The van der Waals surface area contributed by atoms with Crippen molar-refractivity contribution in [2.75, 3.05) is 36.0 Å². The van der Waals surface area contributed by atoms with E-state index in [9.17, 15) is 9.59 Å². The molecule has 3 heterocycles. The fourth-order valence-electron chi connectivity index (χ4n) is 4.05. The molecule has 1 aromatic carbocycles. The molecule has 4 rings (SSSR count). The van der Waals surface area contributed by atoms with Gasteiger partial charge in [-0.3, -0.25) is 14.5 Å². The van der Waals surface area contributed by atoms with E-state index in [1.54, 1.807) is 11.0 Å². The maximum absolute atomic E-state index is 15.5. The van der Waals surface area contributed by atoms with Crippen molar-refractivity contribution in [1.29, 1.82) is 0 Å². The van der Waals surface area contributed by atoms with E-state index < -0.39 is 5.82 Å². The molecule has 0 radical (unpaired) electrons. The first-order chi connectivity index (χ1) is 14.4. The predicted molar refractivity (Wildman–Crippen MR) is 112 cm³/mol. The van der Waals surface area contributed by atoms with E-state index in [0.29, 0.717) is 37.0 Å². The molecule has 0 saturated carbocycles. The largest absolute Gasteiger partial charge is 0.459 e. The number of halogens is 1. The summed E-state index contributed by atoms with van der Waals surface area (Å²) < 4.78 is 26.7. The zero-order chi connectivity index (χ0) is 21.4. The zero-order valence-corrected chi connectivity index (χ0v) is 17.3. The number of nitrogens with zero attached hydrogens (tertiary/aromatic N) is 5. The Balaban J connectivity index is 1.74. The molecule has 0 unspecified atom stereocenters. The van der Waals surface area contributed by atoms with Crippen molar-refractivity contribution in [3.05, 3.63) is 34.2 Å². The summed E-state index contributed by atoms with van der Waals surface area (Å²) in [6.45, 7) is 5.16. The van der Waals surface area contributed by atoms with Crippen LogP contribution in [0.5, 0.6) is 0 Å². The molecule has 9 nitrogen and oxygen atoms in total. The summed E-state index contributed by atoms with van der Waals surface area (Å²) in [5, 5.41) is 3.42. The Morgan fingerprint density at radius 3 is 2.77 bits per heavy atom. The van der Waals surface area contributed by atoms with Crippen molar-refractivity contribution in [1.82, 2.24) is 0 Å². The number of furan rings is 1. The lowest BCUT2D eigenvalue weighted by molar-refractivity contribution is -0.00542. The van der Waals surface area contributed by atoms with Gasteiger partial charge >= 0.3 is 0 Å². The van der Waals surface area contributed by atoms with E-state index >= 15 is 4.39 Å². The van der Waals surface area contributed by atoms with Gasteiger partial charge in [0, 0.05) is 47.3 Å². The van der Waals surface area contributed by atoms with Crippen LogP contribution in [-0.2, 0) is 4.74 Å². The Bertz CT molecular complexity index is 1040. The Morgan fingerprint density at radius 1 is 1.37 bits per heavy atom. The smallest absolute Gasteiger partial charge is 0.286 e. The van der Waals surface area contributed by atoms with Gasteiger partial charge in [0.2, 0.25) is 0 Å². The summed E-state index contributed by atoms with van der Waals surface area (Å²) >= 11 is 1.06. The van der Waals surface area contributed by atoms with Crippen molar-refractivity contribution in [3.8, 4) is 0 Å². The Labute approximate surface area is 175 Å². The monoisotopic (exact) mass is 433 g/mol. The molecule has 158 valence electrons. The van der Waals surface area contributed by atoms with Gasteiger partial charge in [0.15, 0.2) is 17.7 Å². The number of azide groups is 1. The first kappa shape index (κ1) is 20.5. The number of ether oxygens (including phenoxy) is 1. The quantitative estimate of drug-likeness (QED) is 0.300. The average Bonchev–Trinajstić information content (AvgIpc) is 3.28. The van der Waals surface area contributed by atoms with Crippen LogP contribution in [0.25, 0.3) is 21.4 Å². The molecule has 2 aliphatic rings. The third-order valence-corrected chi connectivity index (χ3v) is 6.22. The highest BCUT2D eigenvalue weighted by Gasteiger charge is 2.35. The van der Waals surface area contributed by atoms with Gasteiger partial charge in [0.25, 0.3) is 5.24 Å². The SMILES string of the molecule is C[C@@H]1CN(c2c(C=O)cc3c(N4C[C@H](CN=[N+]=[N-])SC4=O)coc3c2F)C[C@@H](C)O1. The minimum absolute atomic E-state index is 0.00584. The van der Waals surface area contributed by atoms with Crippen LogP contribution in [0.1, 0.15) is 24.2 Å². The molecule has 1 amide bonds. The first-order valence-corrected chi connectivity index (χ1v) is 10.4. The van der Waals surface area contributed by atoms with Gasteiger partial charge in [-0.15, -0.1) is 0 Å². The number of hydrogen-bond donors (Lipinski definition) is 0. The molecule has 2 fully saturated rings. The summed E-state index contributed by atoms with van der Waals surface area (Å²) in [6.07, 6.45) is 1.72. The van der Waals surface area contributed by atoms with Crippen molar-refractivity contribution in [2.45, 2.75) is 31.3 Å². The van der Waals surface area contributed by atoms with Crippen LogP contribution in [0, 0.1) is 5.82 Å². The van der Waals surface area contributed by atoms with Gasteiger partial charge in [-0.05, 0) is 25.4 Å². The fourth-order valence-corrected chi connectivity index (χ4v) is 5.00. The van der Waals surface area contributed by atoms with Crippen LogP contribution in [0.15, 0.2) is 21.9 Å². The van der Waals surface area contributed by atoms with Gasteiger partial charge in [-0.25, -0.2) is 4.39 Å². The van der Waals surface area contributed by atoms with Crippen LogP contribution in [-0.4, -0.2) is 55.2 Å². The molecule has 1 aromatic heterocycles. The van der Waals surface area contributed by atoms with Crippen LogP contribution >= 0.6 is 11.8 Å². The lowest BCUT2D eigenvalue weighted by Crippen LogP contribution is -2.46. The number of aldehydes is 1. The highest BCUT2D eigenvalue weighted by atomic mass is 32.2. The Kier molecular flexibility index (Phi) is 5.59. The van der Waals surface area contributed by atoms with E-state index in [2.05, 4.69) is 10.0 Å². The number of benzene rings is 1. The molecule has 2 aliphatic heterocycles. The summed E-state index contributed by atoms with van der Waals surface area (Å²) in [4.78, 5) is 30.3. The molecule has 0 spiro atoms. The van der Waals surface area contributed by atoms with E-state index in [4.69, 9.17) is 14.7 Å². The number of fused-ring (bicyclic) bond motifs is 1. The topological polar surface area (TPSA) is 112 Å². The van der Waals surface area contributed by atoms with E-state index in [1.165, 1.54) is 11.2 Å². The fraction of sp³-hybridized carbons (Fsp3) is 0.474. The molecule has 0 bridgehead atoms. The van der Waals surface area contributed by atoms with Crippen LogP contribution in [0.2, 0.25) is 0 Å². The number of rotatable bonds is 5. The van der Waals surface area contributed by atoms with Crippen molar-refractivity contribution in [3.63, 3.8) is 0 Å². The highest BCUT2D eigenvalue weighted by molar-refractivity contribution is 8.14. The van der Waals surface area contributed by atoms with Crippen LogP contribution in [0.4, 0.5) is 20.6 Å². The van der Waals surface area contributed by atoms with Gasteiger partial charge < -0.3 is 14.1 Å². The molecule has 2 saturated heterocycles. The second-order valence-corrected chi connectivity index (χ2v) is 8.69. The first-order valence-electron chi connectivity index (χ1n) is 9.51. The number of hydrogen-bond acceptors (Lipinski definition) is 7. The number of anilines is 2. The van der Waals surface area contributed by atoms with E-state index in [-0.39, 0.29) is 46.1 Å². The maximum Gasteiger partial charge on any atom is 0.286 e. The van der Waals surface area contributed by atoms with Gasteiger partial charge in [-0.1, -0.05) is 16.9 Å². The summed E-state index contributed by atoms with van der Waals surface area (Å²) in [5.74, 6) is -0.632. The summed E-state index contributed by atoms with van der Waals surface area (Å²) in [7, 11) is 0. The van der Waals surface area contributed by atoms with Crippen LogP contribution in [0.3, 0.4) is 0 Å². The lowest BCUT2D eigenvalue weighted by atomic mass is 10.1. The summed E-state index contributed by atoms with van der Waals surface area (Å²) in [5.41, 5.74) is 9.25. The molecule has 30 heavy (non-hydrogen) atoms. The second kappa shape index (κ2) is 8.17. The highest BCUT2D eigenvalue weighted by Crippen LogP contribution is 2.41. The Morgan fingerprint density at radius 2 is 2.10 bits per heavy atom. The molecule has 0 N–H and O–H groups in total. The van der Waals surface area contributed by atoms with Crippen molar-refractivity contribution < 1.29 is 23.1 Å². The normalized spacial score (nSPS) is 24.4. The van der Waals surface area contributed by atoms with E-state index in [1.807, 2.05) is 13.8 Å². The number of carbonyl (C=O) groups excluding carboxylic acids is 2. The van der Waals surface area contributed by atoms with Gasteiger partial charge in [-0.2, -0.15) is 0 Å². The minimum atomic E-state index is -0.632. The number of morpholine rings is 1. The van der Waals surface area contributed by atoms with E-state index in [0.717, 1.165) is 11.8 Å². The molecular weight excluding hydrogens is 413 g/mol. The lowest BCUT2D eigenvalue weighted by Gasteiger charge is -2.37. The molecule has 0 aliphatic carbocycles. The van der Waals surface area contributed by atoms with Crippen molar-refractivity contribution >= 4 is 45.6 Å². The molecule has 11 heteroatoms. The average molecular weight is 433 g/mol. The van der Waals surface area contributed by atoms with Crippen LogP contribution < -0.4 is 9.80 Å². The minimum Gasteiger partial charge on any atom is -0.459 e. The molecule has 3 atom stereocenters. The van der Waals surface area contributed by atoms with Crippen molar-refractivity contribution in [2.24, 2.45) is 5.11 Å². The molecule has 2 aromatic rings. The maximum atomic E-state index is 15.5. The third kappa shape index (κ3) is 3.60. The second-order valence-electron chi connectivity index (χ2n) is 7.44. The zero-order valence-electron chi connectivity index (χ0n) is 16.4.